The summed E-state index contributed by atoms with van der Waals surface area (Å²) in [6.45, 7) is 2.97. The first-order valence-electron chi connectivity index (χ1n) is 10.2. The summed E-state index contributed by atoms with van der Waals surface area (Å²) in [5.41, 5.74) is 5.16. The van der Waals surface area contributed by atoms with Gasteiger partial charge in [-0.3, -0.25) is 4.79 Å². The van der Waals surface area contributed by atoms with Crippen LogP contribution in [0.4, 0.5) is 0 Å². The number of aryl methyl sites for hydroxylation is 1. The van der Waals surface area contributed by atoms with Crippen molar-refractivity contribution in [2.75, 3.05) is 27.7 Å². The van der Waals surface area contributed by atoms with E-state index in [1.54, 1.807) is 7.11 Å². The predicted molar refractivity (Wildman–Crippen MR) is 123 cm³/mol. The number of hydrogen-bond donors (Lipinski definition) is 1. The second kappa shape index (κ2) is 10.1. The lowest BCUT2D eigenvalue weighted by atomic mass is 10.0. The average Bonchev–Trinajstić information content (AvgIpc) is 2.77. The number of amides is 1. The molecule has 0 heterocycles. The van der Waals surface area contributed by atoms with E-state index in [1.165, 1.54) is 5.56 Å². The van der Waals surface area contributed by atoms with E-state index in [9.17, 15) is 4.79 Å². The predicted octanol–water partition coefficient (Wildman–Crippen LogP) is 5.09. The number of hydrogen-bond acceptors (Lipinski definition) is 3. The number of ether oxygens (including phenoxy) is 1. The number of methoxy groups -OCH3 is 1. The number of nitrogens with one attached hydrogen (secondary N) is 1. The summed E-state index contributed by atoms with van der Waals surface area (Å²) >= 11 is 0. The Labute approximate surface area is 179 Å². The fraction of sp³-hybridized carbons (Fsp3) is 0.269. The molecule has 0 bridgehead atoms. The molecule has 0 aliphatic carbocycles. The molecule has 0 radical (unpaired) electrons. The second-order valence-corrected chi connectivity index (χ2v) is 7.83. The maximum Gasteiger partial charge on any atom is 0.251 e. The van der Waals surface area contributed by atoms with E-state index >= 15 is 0 Å². The van der Waals surface area contributed by atoms with E-state index in [2.05, 4.69) is 41.4 Å². The van der Waals surface area contributed by atoms with Crippen molar-refractivity contribution in [2.24, 2.45) is 0 Å². The quantitative estimate of drug-likeness (QED) is 0.570. The van der Waals surface area contributed by atoms with Gasteiger partial charge in [0.15, 0.2) is 0 Å². The number of rotatable bonds is 8. The molecular formula is C26H30N2O2. The van der Waals surface area contributed by atoms with Gasteiger partial charge in [-0.1, -0.05) is 54.1 Å². The van der Waals surface area contributed by atoms with Gasteiger partial charge in [0.25, 0.3) is 5.91 Å². The van der Waals surface area contributed by atoms with E-state index in [4.69, 9.17) is 4.74 Å². The van der Waals surface area contributed by atoms with Crippen molar-refractivity contribution in [3.8, 4) is 16.9 Å². The van der Waals surface area contributed by atoms with Gasteiger partial charge in [-0.25, -0.2) is 0 Å². The minimum absolute atomic E-state index is 0.0261. The smallest absolute Gasteiger partial charge is 0.251 e. The summed E-state index contributed by atoms with van der Waals surface area (Å²) in [7, 11) is 5.75. The summed E-state index contributed by atoms with van der Waals surface area (Å²) in [5.74, 6) is 0.773. The first-order chi connectivity index (χ1) is 14.5. The number of nitrogens with zero attached hydrogens (tertiary/aromatic N) is 1. The lowest BCUT2D eigenvalue weighted by molar-refractivity contribution is 0.0932. The highest BCUT2D eigenvalue weighted by atomic mass is 16.5. The van der Waals surface area contributed by atoms with Crippen molar-refractivity contribution in [2.45, 2.75) is 19.4 Å². The molecule has 30 heavy (non-hydrogen) atoms. The third-order valence-corrected chi connectivity index (χ3v) is 5.22. The Morgan fingerprint density at radius 1 is 0.900 bits per heavy atom. The van der Waals surface area contributed by atoms with Crippen LogP contribution in [0.3, 0.4) is 0 Å². The van der Waals surface area contributed by atoms with Gasteiger partial charge in [-0.15, -0.1) is 0 Å². The van der Waals surface area contributed by atoms with Gasteiger partial charge in [-0.2, -0.15) is 0 Å². The zero-order valence-electron chi connectivity index (χ0n) is 18.2. The maximum atomic E-state index is 12.9. The third kappa shape index (κ3) is 5.71. The molecule has 0 saturated heterocycles. The highest BCUT2D eigenvalue weighted by Crippen LogP contribution is 2.23. The molecule has 0 saturated carbocycles. The van der Waals surface area contributed by atoms with Crippen molar-refractivity contribution in [3.63, 3.8) is 0 Å². The van der Waals surface area contributed by atoms with E-state index in [1.807, 2.05) is 62.6 Å². The molecule has 0 aromatic heterocycles. The van der Waals surface area contributed by atoms with Gasteiger partial charge in [0.2, 0.25) is 0 Å². The Bertz CT molecular complexity index is 946. The van der Waals surface area contributed by atoms with Crippen LogP contribution in [-0.2, 0) is 0 Å². The SMILES string of the molecule is COc1ccc(-c2ccc(C(=O)NC(CCN(C)C)c3ccc(C)cc3)cc2)cc1. The van der Waals surface area contributed by atoms with E-state index in [0.717, 1.165) is 35.4 Å². The van der Waals surface area contributed by atoms with Gasteiger partial charge in [0.05, 0.1) is 13.2 Å². The van der Waals surface area contributed by atoms with Gasteiger partial charge in [0.1, 0.15) is 5.75 Å². The Morgan fingerprint density at radius 2 is 1.47 bits per heavy atom. The van der Waals surface area contributed by atoms with Crippen LogP contribution in [0.5, 0.6) is 5.75 Å². The summed E-state index contributed by atoms with van der Waals surface area (Å²) in [5, 5.41) is 3.22. The molecule has 0 aliphatic rings. The molecule has 3 rings (SSSR count). The van der Waals surface area contributed by atoms with Crippen LogP contribution in [0.25, 0.3) is 11.1 Å². The van der Waals surface area contributed by atoms with Crippen LogP contribution in [0.1, 0.15) is 33.9 Å². The van der Waals surface area contributed by atoms with Crippen molar-refractivity contribution in [1.82, 2.24) is 10.2 Å². The van der Waals surface area contributed by atoms with Gasteiger partial charge >= 0.3 is 0 Å². The van der Waals surface area contributed by atoms with Crippen LogP contribution in [0.2, 0.25) is 0 Å². The molecule has 0 fully saturated rings. The van der Waals surface area contributed by atoms with Crippen LogP contribution < -0.4 is 10.1 Å². The van der Waals surface area contributed by atoms with Gasteiger partial charge in [0, 0.05) is 5.56 Å². The molecule has 156 valence electrons. The highest BCUT2D eigenvalue weighted by Gasteiger charge is 2.16. The first kappa shape index (κ1) is 21.6. The minimum atomic E-state index is -0.0550. The normalized spacial score (nSPS) is 11.9. The van der Waals surface area contributed by atoms with Gasteiger partial charge < -0.3 is 15.0 Å². The summed E-state index contributed by atoms with van der Waals surface area (Å²) < 4.78 is 5.21. The summed E-state index contributed by atoms with van der Waals surface area (Å²) in [6, 6.07) is 24.0. The lowest BCUT2D eigenvalue weighted by Gasteiger charge is -2.21. The number of carbonyl (C=O) groups excluding carboxylic acids is 1. The lowest BCUT2D eigenvalue weighted by Crippen LogP contribution is -2.31. The maximum absolute atomic E-state index is 12.9. The van der Waals surface area contributed by atoms with Crippen LogP contribution in [0, 0.1) is 6.92 Å². The number of benzene rings is 3. The van der Waals surface area contributed by atoms with Crippen molar-refractivity contribution < 1.29 is 9.53 Å². The summed E-state index contributed by atoms with van der Waals surface area (Å²) in [4.78, 5) is 15.1. The molecule has 0 spiro atoms. The molecule has 1 atom stereocenters. The van der Waals surface area contributed by atoms with E-state index in [-0.39, 0.29) is 11.9 Å². The Morgan fingerprint density at radius 3 is 2.00 bits per heavy atom. The van der Waals surface area contributed by atoms with Crippen molar-refractivity contribution in [3.05, 3.63) is 89.5 Å². The Balaban J connectivity index is 1.73. The average molecular weight is 403 g/mol. The van der Waals surface area contributed by atoms with Crippen LogP contribution in [0.15, 0.2) is 72.8 Å². The molecule has 4 heteroatoms. The van der Waals surface area contributed by atoms with Crippen LogP contribution in [-0.4, -0.2) is 38.6 Å². The molecule has 1 unspecified atom stereocenters. The highest BCUT2D eigenvalue weighted by molar-refractivity contribution is 5.95. The zero-order chi connectivity index (χ0) is 21.5. The standard InChI is InChI=1S/C26H30N2O2/c1-19-5-7-22(8-6-19)25(17-18-28(2)3)27-26(29)23-11-9-20(10-12-23)21-13-15-24(30-4)16-14-21/h5-16,25H,17-18H2,1-4H3,(H,27,29). The van der Waals surface area contributed by atoms with E-state index < -0.39 is 0 Å². The topological polar surface area (TPSA) is 41.6 Å². The Hall–Kier alpha value is -3.11. The fourth-order valence-electron chi connectivity index (χ4n) is 3.35. The molecule has 1 amide bonds. The number of carbonyl (C=O) groups is 1. The Kier molecular flexibility index (Phi) is 7.26. The molecule has 3 aromatic rings. The molecule has 3 aromatic carbocycles. The molecule has 0 aliphatic heterocycles. The van der Waals surface area contributed by atoms with Gasteiger partial charge in [-0.05, 0) is 74.9 Å². The fourth-order valence-corrected chi connectivity index (χ4v) is 3.35. The molecular weight excluding hydrogens is 372 g/mol. The molecule has 1 N–H and O–H groups in total. The largest absolute Gasteiger partial charge is 0.497 e. The zero-order valence-corrected chi connectivity index (χ0v) is 18.2. The van der Waals surface area contributed by atoms with Crippen molar-refractivity contribution in [1.29, 1.82) is 0 Å². The van der Waals surface area contributed by atoms with Crippen molar-refractivity contribution >= 4 is 5.91 Å². The third-order valence-electron chi connectivity index (χ3n) is 5.22. The molecule has 4 nitrogen and oxygen atoms in total. The second-order valence-electron chi connectivity index (χ2n) is 7.83. The minimum Gasteiger partial charge on any atom is -0.497 e. The van der Waals surface area contributed by atoms with E-state index in [0.29, 0.717) is 5.56 Å². The first-order valence-corrected chi connectivity index (χ1v) is 10.2. The summed E-state index contributed by atoms with van der Waals surface area (Å²) in [6.07, 6.45) is 0.853. The van der Waals surface area contributed by atoms with Crippen LogP contribution >= 0.6 is 0 Å². The monoisotopic (exact) mass is 402 g/mol.